The van der Waals surface area contributed by atoms with Crippen molar-refractivity contribution in [1.29, 1.82) is 0 Å². The van der Waals surface area contributed by atoms with E-state index in [9.17, 15) is 4.39 Å². The monoisotopic (exact) mass is 478 g/mol. The zero-order valence-corrected chi connectivity index (χ0v) is 21.7. The Labute approximate surface area is 193 Å². The van der Waals surface area contributed by atoms with E-state index in [1.807, 2.05) is 24.3 Å². The van der Waals surface area contributed by atoms with Crippen molar-refractivity contribution in [3.05, 3.63) is 104 Å². The summed E-state index contributed by atoms with van der Waals surface area (Å²) in [5.74, 6) is 0.365. The topological polar surface area (TPSA) is 0 Å². The third-order valence-electron chi connectivity index (χ3n) is 5.07. The first-order valence-electron chi connectivity index (χ1n) is 8.90. The molecule has 0 aliphatic heterocycles. The van der Waals surface area contributed by atoms with Gasteiger partial charge in [-0.1, -0.05) is 50.5 Å². The quantitative estimate of drug-likeness (QED) is 0.249. The Kier molecular flexibility index (Phi) is 12.3. The fourth-order valence-corrected chi connectivity index (χ4v) is 3.19. The van der Waals surface area contributed by atoms with Gasteiger partial charge in [-0.05, 0) is 12.1 Å². The van der Waals surface area contributed by atoms with Crippen LogP contribution in [0.25, 0.3) is 21.9 Å². The van der Waals surface area contributed by atoms with Crippen LogP contribution in [0.3, 0.4) is 0 Å². The number of halogens is 1. The third-order valence-corrected chi connectivity index (χ3v) is 5.07. The van der Waals surface area contributed by atoms with Crippen molar-refractivity contribution in [2.24, 2.45) is 5.92 Å². The van der Waals surface area contributed by atoms with Gasteiger partial charge in [-0.3, -0.25) is 6.08 Å². The predicted octanol–water partition coefficient (Wildman–Crippen LogP) is 7.60. The molecule has 3 aromatic carbocycles. The van der Waals surface area contributed by atoms with E-state index >= 15 is 0 Å². The minimum atomic E-state index is -0.195. The first-order valence-corrected chi connectivity index (χ1v) is 13.1. The summed E-state index contributed by atoms with van der Waals surface area (Å²) in [6.07, 6.45) is 3.36. The van der Waals surface area contributed by atoms with Crippen molar-refractivity contribution >= 4 is 17.7 Å². The number of fused-ring (bicyclic) bond motifs is 1. The summed E-state index contributed by atoms with van der Waals surface area (Å²) < 4.78 is 12.8. The molecular weight excluding hydrogens is 451 g/mol. The molecule has 3 heteroatoms. The Morgan fingerprint density at radius 1 is 0.966 bits per heavy atom. The van der Waals surface area contributed by atoms with Gasteiger partial charge >= 0.3 is 30.2 Å². The molecule has 1 atom stereocenters. The fraction of sp³-hybridized carbons (Fsp3) is 0.192. The Hall–Kier alpha value is -1.44. The van der Waals surface area contributed by atoms with Gasteiger partial charge in [0.25, 0.3) is 0 Å². The summed E-state index contributed by atoms with van der Waals surface area (Å²) in [6, 6.07) is 19.0. The zero-order chi connectivity index (χ0) is 20.0. The molecule has 1 aliphatic carbocycles. The Morgan fingerprint density at radius 2 is 1.55 bits per heavy atom. The molecule has 0 aromatic heterocycles. The van der Waals surface area contributed by atoms with E-state index in [1.165, 1.54) is 63.0 Å². The minimum absolute atomic E-state index is 0. The molecule has 1 aliphatic rings. The summed E-state index contributed by atoms with van der Waals surface area (Å²) in [5, 5.41) is 2.44. The van der Waals surface area contributed by atoms with E-state index in [0.29, 0.717) is 5.92 Å². The van der Waals surface area contributed by atoms with Crippen LogP contribution in [-0.4, -0.2) is 6.88 Å². The van der Waals surface area contributed by atoms with Crippen molar-refractivity contribution in [3.63, 3.8) is 0 Å². The molecule has 0 bridgehead atoms. The van der Waals surface area contributed by atoms with Gasteiger partial charge in [-0.15, -0.1) is 53.6 Å². The number of hydrogen-bond donors (Lipinski definition) is 0. The molecule has 4 rings (SSSR count). The van der Waals surface area contributed by atoms with E-state index in [0.717, 1.165) is 11.1 Å². The average molecular weight is 480 g/mol. The zero-order valence-electron chi connectivity index (χ0n) is 18.2. The van der Waals surface area contributed by atoms with Crippen LogP contribution in [0.5, 0.6) is 0 Å². The van der Waals surface area contributed by atoms with Gasteiger partial charge in [-0.2, -0.15) is 11.1 Å². The summed E-state index contributed by atoms with van der Waals surface area (Å²) in [4.78, 5) is 0. The Balaban J connectivity index is 0.000000524. The van der Waals surface area contributed by atoms with Gasteiger partial charge in [0, 0.05) is 0 Å². The van der Waals surface area contributed by atoms with E-state index in [4.69, 9.17) is 0 Å². The predicted molar refractivity (Wildman–Crippen MR) is 123 cm³/mol. The number of rotatable bonds is 1. The van der Waals surface area contributed by atoms with Gasteiger partial charge < -0.3 is 14.9 Å². The Bertz CT molecular complexity index is 964. The van der Waals surface area contributed by atoms with Gasteiger partial charge in [0.1, 0.15) is 5.82 Å². The van der Waals surface area contributed by atoms with Gasteiger partial charge in [0.15, 0.2) is 0 Å². The Morgan fingerprint density at radius 3 is 2.03 bits per heavy atom. The molecule has 0 saturated heterocycles. The first-order chi connectivity index (χ1) is 13.0. The molecule has 0 nitrogen and oxygen atoms in total. The maximum absolute atomic E-state index is 12.8. The maximum atomic E-state index is 12.8. The standard InChI is InChI=1S/C15H10F.C9H13.2CH3.Si.Zr/c16-13-8-5-12(6-9-13)15-10-7-11-3-1-2-4-14(11)15;1-6-5-7(2)9(4)8(6)3;;;;/h1-10H;6H,1-4H3;2*1H3;;/q4*-1;;. The van der Waals surface area contributed by atoms with Crippen LogP contribution in [0, 0.1) is 32.7 Å². The summed E-state index contributed by atoms with van der Waals surface area (Å²) in [7, 11) is 0. The van der Waals surface area contributed by atoms with E-state index in [-0.39, 0.29) is 20.7 Å². The fourth-order valence-electron chi connectivity index (χ4n) is 3.19. The van der Waals surface area contributed by atoms with Gasteiger partial charge in [0.2, 0.25) is 0 Å². The first kappa shape index (κ1) is 27.6. The van der Waals surface area contributed by atoms with Crippen LogP contribution in [-0.2, 0) is 23.3 Å². The molecular formula is C26H29FSiZr-4. The van der Waals surface area contributed by atoms with Crippen LogP contribution in [0.2, 0.25) is 0 Å². The molecule has 0 N–H and O–H groups in total. The molecule has 152 valence electrons. The van der Waals surface area contributed by atoms with Crippen LogP contribution in [0.4, 0.5) is 4.39 Å². The molecule has 0 heterocycles. The van der Waals surface area contributed by atoms with Crippen molar-refractivity contribution in [2.75, 3.05) is 0 Å². The second kappa shape index (κ2) is 13.0. The van der Waals surface area contributed by atoms with E-state index in [1.54, 1.807) is 0 Å². The van der Waals surface area contributed by atoms with Crippen molar-refractivity contribution < 1.29 is 27.7 Å². The number of hydrogen-bond acceptors (Lipinski definition) is 0. The van der Waals surface area contributed by atoms with Crippen LogP contribution < -0.4 is 0 Å². The van der Waals surface area contributed by atoms with E-state index in [2.05, 4.69) is 64.9 Å². The second-order valence-corrected chi connectivity index (χ2v) is 6.64. The average Bonchev–Trinajstić information content (AvgIpc) is 3.22. The van der Waals surface area contributed by atoms with Crippen LogP contribution in [0.15, 0.2) is 77.4 Å². The molecule has 0 saturated carbocycles. The summed E-state index contributed by atoms with van der Waals surface area (Å²) >= 11 is 1.36. The SMILES string of the molecule is CC1=[C-]C(C)C(C)=C1C.Fc1ccc(-c2c[cH-]c3ccccc23)cc1.[CH3-].[CH3-].[Si]=[Zr]. The van der Waals surface area contributed by atoms with E-state index < -0.39 is 0 Å². The second-order valence-electron chi connectivity index (χ2n) is 6.64. The van der Waals surface area contributed by atoms with Crippen molar-refractivity contribution in [3.8, 4) is 11.1 Å². The van der Waals surface area contributed by atoms with Gasteiger partial charge in [-0.25, -0.2) is 9.96 Å². The molecule has 1 unspecified atom stereocenters. The normalized spacial score (nSPS) is 14.5. The number of benzene rings is 2. The van der Waals surface area contributed by atoms with Crippen LogP contribution >= 0.6 is 0 Å². The molecule has 3 aromatic rings. The van der Waals surface area contributed by atoms with Gasteiger partial charge in [0.05, 0.1) is 0 Å². The van der Waals surface area contributed by atoms with Crippen LogP contribution in [0.1, 0.15) is 27.7 Å². The molecule has 2 radical (unpaired) electrons. The third kappa shape index (κ3) is 6.79. The van der Waals surface area contributed by atoms with Crippen molar-refractivity contribution in [2.45, 2.75) is 27.7 Å². The summed E-state index contributed by atoms with van der Waals surface area (Å²) in [5.41, 5.74) is 6.47. The van der Waals surface area contributed by atoms with Crippen molar-refractivity contribution in [1.82, 2.24) is 0 Å². The number of allylic oxidation sites excluding steroid dienone is 4. The molecule has 0 amide bonds. The molecule has 0 spiro atoms. The molecule has 29 heavy (non-hydrogen) atoms. The summed E-state index contributed by atoms with van der Waals surface area (Å²) in [6.45, 7) is 11.7. The molecule has 0 fully saturated rings.